The molecule has 0 bridgehead atoms. The third-order valence-corrected chi connectivity index (χ3v) is 4.08. The van der Waals surface area contributed by atoms with E-state index < -0.39 is 0 Å². The zero-order chi connectivity index (χ0) is 15.1. The van der Waals surface area contributed by atoms with Crippen molar-refractivity contribution in [2.24, 2.45) is 0 Å². The van der Waals surface area contributed by atoms with Crippen molar-refractivity contribution in [2.75, 3.05) is 5.32 Å². The molecule has 1 aromatic carbocycles. The number of benzene rings is 1. The van der Waals surface area contributed by atoms with Crippen LogP contribution in [0.1, 0.15) is 35.0 Å². The number of carbonyl (C=O) groups is 1. The Labute approximate surface area is 134 Å². The highest BCUT2D eigenvalue weighted by Gasteiger charge is 2.08. The molecule has 0 fully saturated rings. The van der Waals surface area contributed by atoms with Gasteiger partial charge in [-0.2, -0.15) is 0 Å². The minimum atomic E-state index is -0.179. The molecule has 110 valence electrons. The smallest absolute Gasteiger partial charge is 0.267 e. The summed E-state index contributed by atoms with van der Waals surface area (Å²) >= 11 is 6.54. The van der Waals surface area contributed by atoms with Crippen LogP contribution in [-0.2, 0) is 6.42 Å². The van der Waals surface area contributed by atoms with Crippen molar-refractivity contribution >= 4 is 40.3 Å². The number of nitrogens with one attached hydrogen (secondary N) is 2. The number of anilines is 1. The lowest BCUT2D eigenvalue weighted by Gasteiger charge is -2.09. The van der Waals surface area contributed by atoms with Crippen molar-refractivity contribution in [3.05, 3.63) is 52.2 Å². The van der Waals surface area contributed by atoms with Crippen molar-refractivity contribution in [1.82, 2.24) is 5.32 Å². The summed E-state index contributed by atoms with van der Waals surface area (Å²) in [4.78, 5) is 12.5. The molecule has 0 aliphatic rings. The standard InChI is InChI=1S/C16H18N2OS2/c1-2-3-5-12-7-9-13(10-8-12)17-16(20)18-15(19)14-6-4-11-21-14/h4,6-11H,2-3,5H2,1H3,(H2,17,18,19,20). The van der Waals surface area contributed by atoms with Crippen molar-refractivity contribution in [2.45, 2.75) is 26.2 Å². The van der Waals surface area contributed by atoms with E-state index in [9.17, 15) is 4.79 Å². The number of rotatable bonds is 5. The van der Waals surface area contributed by atoms with Crippen LogP contribution in [0.3, 0.4) is 0 Å². The van der Waals surface area contributed by atoms with Crippen LogP contribution < -0.4 is 10.6 Å². The van der Waals surface area contributed by atoms with Gasteiger partial charge in [-0.15, -0.1) is 11.3 Å². The Morgan fingerprint density at radius 2 is 2.00 bits per heavy atom. The van der Waals surface area contributed by atoms with E-state index in [0.29, 0.717) is 9.99 Å². The van der Waals surface area contributed by atoms with Crippen molar-refractivity contribution in [3.63, 3.8) is 0 Å². The van der Waals surface area contributed by atoms with E-state index >= 15 is 0 Å². The van der Waals surface area contributed by atoms with Gasteiger partial charge in [-0.05, 0) is 54.2 Å². The number of amides is 1. The van der Waals surface area contributed by atoms with E-state index in [2.05, 4.69) is 29.7 Å². The van der Waals surface area contributed by atoms with Crippen LogP contribution in [0.25, 0.3) is 0 Å². The zero-order valence-electron chi connectivity index (χ0n) is 11.9. The van der Waals surface area contributed by atoms with Gasteiger partial charge in [-0.3, -0.25) is 10.1 Å². The van der Waals surface area contributed by atoms with Crippen LogP contribution in [0, 0.1) is 0 Å². The summed E-state index contributed by atoms with van der Waals surface area (Å²) in [7, 11) is 0. The van der Waals surface area contributed by atoms with Gasteiger partial charge in [-0.25, -0.2) is 0 Å². The predicted molar refractivity (Wildman–Crippen MR) is 93.1 cm³/mol. The Hall–Kier alpha value is -1.72. The molecule has 0 radical (unpaired) electrons. The number of hydrogen-bond donors (Lipinski definition) is 2. The van der Waals surface area contributed by atoms with E-state index in [-0.39, 0.29) is 5.91 Å². The van der Waals surface area contributed by atoms with Gasteiger partial charge in [0.1, 0.15) is 0 Å². The molecule has 5 heteroatoms. The Morgan fingerprint density at radius 3 is 2.62 bits per heavy atom. The van der Waals surface area contributed by atoms with Gasteiger partial charge in [-0.1, -0.05) is 31.5 Å². The number of carbonyl (C=O) groups excluding carboxylic acids is 1. The van der Waals surface area contributed by atoms with Gasteiger partial charge >= 0.3 is 0 Å². The second-order valence-corrected chi connectivity index (χ2v) is 6.04. The molecular weight excluding hydrogens is 300 g/mol. The lowest BCUT2D eigenvalue weighted by molar-refractivity contribution is 0.0981. The lowest BCUT2D eigenvalue weighted by atomic mass is 10.1. The number of thiocarbonyl (C=S) groups is 1. The van der Waals surface area contributed by atoms with E-state index in [1.807, 2.05) is 23.6 Å². The highest BCUT2D eigenvalue weighted by Crippen LogP contribution is 2.12. The molecule has 2 rings (SSSR count). The van der Waals surface area contributed by atoms with Gasteiger partial charge in [0.05, 0.1) is 4.88 Å². The fourth-order valence-electron chi connectivity index (χ4n) is 1.87. The van der Waals surface area contributed by atoms with Crippen LogP contribution >= 0.6 is 23.6 Å². The summed E-state index contributed by atoms with van der Waals surface area (Å²) in [5.41, 5.74) is 2.20. The SMILES string of the molecule is CCCCc1ccc(NC(=S)NC(=O)c2cccs2)cc1. The molecule has 0 saturated heterocycles. The number of hydrogen-bond acceptors (Lipinski definition) is 3. The second-order valence-electron chi connectivity index (χ2n) is 4.69. The molecule has 3 nitrogen and oxygen atoms in total. The summed E-state index contributed by atoms with van der Waals surface area (Å²) < 4.78 is 0. The third kappa shape index (κ3) is 4.95. The van der Waals surface area contributed by atoms with E-state index in [1.54, 1.807) is 6.07 Å². The second kappa shape index (κ2) is 7.90. The van der Waals surface area contributed by atoms with Crippen LogP contribution in [0.5, 0.6) is 0 Å². The summed E-state index contributed by atoms with van der Waals surface area (Å²) in [6, 6.07) is 11.7. The third-order valence-electron chi connectivity index (χ3n) is 3.00. The molecule has 0 aliphatic heterocycles. The molecule has 0 aliphatic carbocycles. The molecule has 0 atom stereocenters. The van der Waals surface area contributed by atoms with Gasteiger partial charge in [0.25, 0.3) is 5.91 Å². The molecule has 21 heavy (non-hydrogen) atoms. The first-order chi connectivity index (χ1) is 10.2. The maximum Gasteiger partial charge on any atom is 0.267 e. The lowest BCUT2D eigenvalue weighted by Crippen LogP contribution is -2.33. The van der Waals surface area contributed by atoms with Crippen molar-refractivity contribution in [3.8, 4) is 0 Å². The summed E-state index contributed by atoms with van der Waals surface area (Å²) in [6.07, 6.45) is 3.48. The highest BCUT2D eigenvalue weighted by atomic mass is 32.1. The average Bonchev–Trinajstić information content (AvgIpc) is 3.01. The molecule has 2 N–H and O–H groups in total. The van der Waals surface area contributed by atoms with Crippen LogP contribution in [0.2, 0.25) is 0 Å². The van der Waals surface area contributed by atoms with Gasteiger partial charge in [0.2, 0.25) is 0 Å². The monoisotopic (exact) mass is 318 g/mol. The van der Waals surface area contributed by atoms with E-state index in [0.717, 1.165) is 12.1 Å². The average molecular weight is 318 g/mol. The molecule has 2 aromatic rings. The van der Waals surface area contributed by atoms with Gasteiger partial charge in [0.15, 0.2) is 5.11 Å². The van der Waals surface area contributed by atoms with E-state index in [4.69, 9.17) is 12.2 Å². The largest absolute Gasteiger partial charge is 0.332 e. The fraction of sp³-hybridized carbons (Fsp3) is 0.250. The highest BCUT2D eigenvalue weighted by molar-refractivity contribution is 7.80. The van der Waals surface area contributed by atoms with Crippen molar-refractivity contribution < 1.29 is 4.79 Å². The predicted octanol–water partition coefficient (Wildman–Crippen LogP) is 4.22. The number of thiophene rings is 1. The maximum absolute atomic E-state index is 11.9. The molecule has 0 unspecified atom stereocenters. The van der Waals surface area contributed by atoms with Gasteiger partial charge < -0.3 is 5.32 Å². The Kier molecular flexibility index (Phi) is 5.90. The van der Waals surface area contributed by atoms with Gasteiger partial charge in [0, 0.05) is 5.69 Å². The molecule has 0 spiro atoms. The Bertz CT molecular complexity index is 591. The van der Waals surface area contributed by atoms with Crippen LogP contribution in [-0.4, -0.2) is 11.0 Å². The Morgan fingerprint density at radius 1 is 1.24 bits per heavy atom. The molecule has 0 saturated carbocycles. The normalized spacial score (nSPS) is 10.1. The number of aryl methyl sites for hydroxylation is 1. The minimum Gasteiger partial charge on any atom is -0.332 e. The van der Waals surface area contributed by atoms with Crippen molar-refractivity contribution in [1.29, 1.82) is 0 Å². The molecular formula is C16H18N2OS2. The van der Waals surface area contributed by atoms with E-state index in [1.165, 1.54) is 29.7 Å². The topological polar surface area (TPSA) is 41.1 Å². The van der Waals surface area contributed by atoms with Crippen LogP contribution in [0.15, 0.2) is 41.8 Å². The summed E-state index contributed by atoms with van der Waals surface area (Å²) in [5, 5.41) is 7.87. The Balaban J connectivity index is 1.86. The molecule has 1 amide bonds. The van der Waals surface area contributed by atoms with Crippen LogP contribution in [0.4, 0.5) is 5.69 Å². The zero-order valence-corrected chi connectivity index (χ0v) is 13.5. The summed E-state index contributed by atoms with van der Waals surface area (Å²) in [5.74, 6) is -0.179. The maximum atomic E-state index is 11.9. The first-order valence-electron chi connectivity index (χ1n) is 6.94. The first kappa shape index (κ1) is 15.7. The first-order valence-corrected chi connectivity index (χ1v) is 8.22. The number of unbranched alkanes of at least 4 members (excludes halogenated alkanes) is 1. The fourth-order valence-corrected chi connectivity index (χ4v) is 2.70. The summed E-state index contributed by atoms with van der Waals surface area (Å²) in [6.45, 7) is 2.19. The minimum absolute atomic E-state index is 0.179. The molecule has 1 heterocycles. The molecule has 1 aromatic heterocycles. The quantitative estimate of drug-likeness (QED) is 0.811.